The normalized spacial score (nSPS) is 17.4. The van der Waals surface area contributed by atoms with Crippen LogP contribution in [0.3, 0.4) is 0 Å². The molecule has 0 spiro atoms. The molecule has 2 aromatic rings. The Kier molecular flexibility index (Phi) is 4.68. The van der Waals surface area contributed by atoms with Crippen molar-refractivity contribution in [1.29, 1.82) is 0 Å². The molecule has 0 bridgehead atoms. The number of oxime groups is 1. The van der Waals surface area contributed by atoms with Gasteiger partial charge in [0.2, 0.25) is 0 Å². The summed E-state index contributed by atoms with van der Waals surface area (Å²) in [6.07, 6.45) is 1.77. The van der Waals surface area contributed by atoms with E-state index >= 15 is 0 Å². The molecule has 1 aromatic heterocycles. The van der Waals surface area contributed by atoms with Gasteiger partial charge in [0.05, 0.1) is 10.6 Å². The number of aromatic nitrogens is 1. The van der Waals surface area contributed by atoms with Crippen LogP contribution in [0.4, 0.5) is 0 Å². The lowest BCUT2D eigenvalue weighted by Crippen LogP contribution is -2.20. The Labute approximate surface area is 142 Å². The third kappa shape index (κ3) is 3.83. The summed E-state index contributed by atoms with van der Waals surface area (Å²) in [5, 5.41) is 3.98. The summed E-state index contributed by atoms with van der Waals surface area (Å²) >= 11 is 0. The van der Waals surface area contributed by atoms with E-state index in [1.807, 2.05) is 26.9 Å². The maximum atomic E-state index is 12.2. The molecule has 0 saturated heterocycles. The number of pyridine rings is 1. The second kappa shape index (κ2) is 6.74. The molecular weight excluding hydrogens is 327 g/mol. The van der Waals surface area contributed by atoms with Gasteiger partial charge in [-0.25, -0.2) is 0 Å². The Morgan fingerprint density at radius 1 is 1.25 bits per heavy atom. The zero-order valence-corrected chi connectivity index (χ0v) is 14.3. The average molecular weight is 344 g/mol. The second-order valence-electron chi connectivity index (χ2n) is 5.74. The minimum atomic E-state index is -3.80. The summed E-state index contributed by atoms with van der Waals surface area (Å²) in [5.41, 5.74) is 3.46. The molecule has 0 saturated carbocycles. The van der Waals surface area contributed by atoms with Gasteiger partial charge in [0.25, 0.3) is 10.1 Å². The Balaban J connectivity index is 1.59. The van der Waals surface area contributed by atoms with Gasteiger partial charge in [-0.15, -0.1) is 0 Å². The van der Waals surface area contributed by atoms with Gasteiger partial charge >= 0.3 is 0 Å². The monoisotopic (exact) mass is 344 g/mol. The van der Waals surface area contributed by atoms with Crippen LogP contribution in [-0.2, 0) is 19.1 Å². The van der Waals surface area contributed by atoms with Crippen LogP contribution in [0.5, 0.6) is 0 Å². The molecule has 24 heavy (non-hydrogen) atoms. The molecule has 1 aromatic carbocycles. The molecule has 0 radical (unpaired) electrons. The summed E-state index contributed by atoms with van der Waals surface area (Å²) in [5.74, 6) is 0. The molecule has 1 aliphatic heterocycles. The number of rotatable bonds is 5. The summed E-state index contributed by atoms with van der Waals surface area (Å²) < 4.78 is 29.4. The van der Waals surface area contributed by atoms with Gasteiger partial charge in [0.1, 0.15) is 20.2 Å². The molecule has 3 rings (SSSR count). The number of nitrogens with zero attached hydrogens (tertiary/aromatic N) is 2. The van der Waals surface area contributed by atoms with Gasteiger partial charge in [0, 0.05) is 12.6 Å². The maximum Gasteiger partial charge on any atom is 0.297 e. The first kappa shape index (κ1) is 16.7. The van der Waals surface area contributed by atoms with Crippen LogP contribution in [0.15, 0.2) is 52.6 Å². The lowest BCUT2D eigenvalue weighted by molar-refractivity contribution is 0.0490. The molecule has 1 aliphatic rings. The van der Waals surface area contributed by atoms with Crippen molar-refractivity contribution in [2.75, 3.05) is 6.61 Å². The highest BCUT2D eigenvalue weighted by molar-refractivity contribution is 7.86. The Morgan fingerprint density at radius 3 is 2.67 bits per heavy atom. The highest BCUT2D eigenvalue weighted by atomic mass is 32.2. The van der Waals surface area contributed by atoms with E-state index in [1.54, 1.807) is 18.3 Å². The van der Waals surface area contributed by atoms with E-state index in [0.29, 0.717) is 12.1 Å². The van der Waals surface area contributed by atoms with Gasteiger partial charge in [-0.1, -0.05) is 34.4 Å². The van der Waals surface area contributed by atoms with Crippen LogP contribution in [0.2, 0.25) is 0 Å². The van der Waals surface area contributed by atoms with Crippen LogP contribution in [0, 0.1) is 6.92 Å². The minimum Gasteiger partial charge on any atom is -0.389 e. The first-order chi connectivity index (χ1) is 11.4. The van der Waals surface area contributed by atoms with E-state index in [0.717, 1.165) is 16.7 Å². The molecule has 0 amide bonds. The van der Waals surface area contributed by atoms with E-state index < -0.39 is 16.2 Å². The van der Waals surface area contributed by atoms with Crippen LogP contribution < -0.4 is 5.46 Å². The van der Waals surface area contributed by atoms with E-state index in [4.69, 9.17) is 9.02 Å². The fourth-order valence-corrected chi connectivity index (χ4v) is 3.18. The topological polar surface area (TPSA) is 77.9 Å². The lowest BCUT2D eigenvalue weighted by Gasteiger charge is -2.09. The van der Waals surface area contributed by atoms with Crippen molar-refractivity contribution in [1.82, 2.24) is 4.98 Å². The standard InChI is InChI=1S/C16H17BN2O4S/c1-11-2-5-14(6-3-11)24(20,21)22-10-13-8-16(19-23-13)15-7-4-12(17)9-18-15/h2-7,9,13H,8,10,17H2,1H3. The Hall–Kier alpha value is -2.19. The molecular formula is C16H17BN2O4S. The van der Waals surface area contributed by atoms with Crippen molar-refractivity contribution >= 4 is 29.1 Å². The molecule has 0 N–H and O–H groups in total. The van der Waals surface area contributed by atoms with Crippen molar-refractivity contribution in [3.8, 4) is 0 Å². The molecule has 1 unspecified atom stereocenters. The maximum absolute atomic E-state index is 12.2. The molecule has 1 atom stereocenters. The highest BCUT2D eigenvalue weighted by Gasteiger charge is 2.26. The van der Waals surface area contributed by atoms with Crippen molar-refractivity contribution in [2.45, 2.75) is 24.3 Å². The number of hydrogen-bond donors (Lipinski definition) is 0. The van der Waals surface area contributed by atoms with Gasteiger partial charge in [-0.05, 0) is 25.1 Å². The van der Waals surface area contributed by atoms with Crippen molar-refractivity contribution in [3.05, 3.63) is 53.9 Å². The Bertz CT molecular complexity index is 849. The second-order valence-corrected chi connectivity index (χ2v) is 7.36. The number of hydrogen-bond acceptors (Lipinski definition) is 6. The Morgan fingerprint density at radius 2 is 2.00 bits per heavy atom. The van der Waals surface area contributed by atoms with Crippen molar-refractivity contribution < 1.29 is 17.4 Å². The fourth-order valence-electron chi connectivity index (χ4n) is 2.25. The van der Waals surface area contributed by atoms with Crippen molar-refractivity contribution in [2.24, 2.45) is 5.16 Å². The predicted molar refractivity (Wildman–Crippen MR) is 92.8 cm³/mol. The first-order valence-corrected chi connectivity index (χ1v) is 8.97. The third-order valence-electron chi connectivity index (χ3n) is 3.66. The smallest absolute Gasteiger partial charge is 0.297 e. The SMILES string of the molecule is Bc1ccc(C2=NOC(COS(=O)(=O)c3ccc(C)cc3)C2)nc1. The molecule has 8 heteroatoms. The quantitative estimate of drug-likeness (QED) is 0.585. The molecule has 0 aliphatic carbocycles. The zero-order valence-electron chi connectivity index (χ0n) is 13.5. The van der Waals surface area contributed by atoms with Gasteiger partial charge in [0.15, 0.2) is 6.10 Å². The summed E-state index contributed by atoms with van der Waals surface area (Å²) in [4.78, 5) is 9.68. The lowest BCUT2D eigenvalue weighted by atomic mass is 9.98. The zero-order chi connectivity index (χ0) is 17.2. The van der Waals surface area contributed by atoms with Crippen LogP contribution in [-0.4, -0.2) is 39.7 Å². The van der Waals surface area contributed by atoms with Gasteiger partial charge in [-0.2, -0.15) is 8.42 Å². The van der Waals surface area contributed by atoms with Crippen LogP contribution in [0.1, 0.15) is 17.7 Å². The molecule has 2 heterocycles. The number of benzene rings is 1. The van der Waals surface area contributed by atoms with Crippen molar-refractivity contribution in [3.63, 3.8) is 0 Å². The third-order valence-corrected chi connectivity index (χ3v) is 4.95. The van der Waals surface area contributed by atoms with E-state index in [1.165, 1.54) is 12.1 Å². The highest BCUT2D eigenvalue weighted by Crippen LogP contribution is 2.18. The van der Waals surface area contributed by atoms with E-state index in [-0.39, 0.29) is 11.5 Å². The summed E-state index contributed by atoms with van der Waals surface area (Å²) in [7, 11) is -1.84. The number of aryl methyl sites for hydroxylation is 1. The fraction of sp³-hybridized carbons (Fsp3) is 0.250. The van der Waals surface area contributed by atoms with Gasteiger partial charge < -0.3 is 4.84 Å². The summed E-state index contributed by atoms with van der Waals surface area (Å²) in [6, 6.07) is 10.3. The predicted octanol–water partition coefficient (Wildman–Crippen LogP) is 0.547. The molecule has 6 nitrogen and oxygen atoms in total. The summed E-state index contributed by atoms with van der Waals surface area (Å²) in [6.45, 7) is 1.80. The van der Waals surface area contributed by atoms with E-state index in [9.17, 15) is 8.42 Å². The minimum absolute atomic E-state index is 0.0882. The molecule has 0 fully saturated rings. The molecule has 124 valence electrons. The first-order valence-electron chi connectivity index (χ1n) is 7.56. The van der Waals surface area contributed by atoms with Crippen LogP contribution >= 0.6 is 0 Å². The average Bonchev–Trinajstić information content (AvgIpc) is 3.03. The van der Waals surface area contributed by atoms with Gasteiger partial charge in [-0.3, -0.25) is 9.17 Å². The van der Waals surface area contributed by atoms with E-state index in [2.05, 4.69) is 10.1 Å². The van der Waals surface area contributed by atoms with Crippen LogP contribution in [0.25, 0.3) is 0 Å². The largest absolute Gasteiger partial charge is 0.389 e.